The molecule has 0 bridgehead atoms. The van der Waals surface area contributed by atoms with Crippen LogP contribution in [0.4, 0.5) is 0 Å². The van der Waals surface area contributed by atoms with Gasteiger partial charge < -0.3 is 9.88 Å². The molecule has 0 aliphatic carbocycles. The van der Waals surface area contributed by atoms with Crippen LogP contribution in [-0.2, 0) is 18.4 Å². The summed E-state index contributed by atoms with van der Waals surface area (Å²) < 4.78 is 0. The molecular formula is C27H29N3O. The van der Waals surface area contributed by atoms with Crippen molar-refractivity contribution in [2.24, 2.45) is 0 Å². The van der Waals surface area contributed by atoms with Crippen molar-refractivity contribution in [1.29, 1.82) is 0 Å². The van der Waals surface area contributed by atoms with Gasteiger partial charge in [0.1, 0.15) is 0 Å². The Balaban J connectivity index is 1.60. The van der Waals surface area contributed by atoms with Crippen molar-refractivity contribution >= 4 is 16.8 Å². The highest BCUT2D eigenvalue weighted by atomic mass is 16.2. The molecule has 2 aromatic carbocycles. The number of nitrogens with zero attached hydrogens (tertiary/aromatic N) is 2. The van der Waals surface area contributed by atoms with Crippen LogP contribution in [0.25, 0.3) is 10.9 Å². The normalized spacial score (nSPS) is 11.6. The van der Waals surface area contributed by atoms with Crippen molar-refractivity contribution in [2.45, 2.75) is 39.2 Å². The van der Waals surface area contributed by atoms with E-state index in [2.05, 4.69) is 55.0 Å². The van der Waals surface area contributed by atoms with Crippen LogP contribution in [0.1, 0.15) is 47.8 Å². The summed E-state index contributed by atoms with van der Waals surface area (Å²) in [6.07, 6.45) is 6.27. The predicted molar refractivity (Wildman–Crippen MR) is 126 cm³/mol. The van der Waals surface area contributed by atoms with E-state index >= 15 is 0 Å². The number of H-pyrrole nitrogens is 1. The highest BCUT2D eigenvalue weighted by molar-refractivity contribution is 6.05. The molecule has 0 atom stereocenters. The summed E-state index contributed by atoms with van der Waals surface area (Å²) in [5.41, 5.74) is 5.32. The van der Waals surface area contributed by atoms with Gasteiger partial charge in [-0.15, -0.1) is 0 Å². The molecule has 4 rings (SSSR count). The molecule has 158 valence electrons. The molecule has 4 aromatic rings. The summed E-state index contributed by atoms with van der Waals surface area (Å²) in [6, 6.07) is 20.5. The van der Waals surface area contributed by atoms with Gasteiger partial charge in [0, 0.05) is 37.1 Å². The van der Waals surface area contributed by atoms with E-state index < -0.39 is 0 Å². The topological polar surface area (TPSA) is 49.0 Å². The van der Waals surface area contributed by atoms with Crippen LogP contribution in [0.5, 0.6) is 0 Å². The number of hydrogen-bond acceptors (Lipinski definition) is 2. The fourth-order valence-electron chi connectivity index (χ4n) is 3.83. The predicted octanol–water partition coefficient (Wildman–Crippen LogP) is 5.75. The Bertz CT molecular complexity index is 1150. The van der Waals surface area contributed by atoms with Crippen LogP contribution in [-0.4, -0.2) is 27.3 Å². The summed E-state index contributed by atoms with van der Waals surface area (Å²) in [5, 5.41) is 1.05. The van der Waals surface area contributed by atoms with Gasteiger partial charge in [-0.2, -0.15) is 0 Å². The quantitative estimate of drug-likeness (QED) is 0.439. The molecule has 31 heavy (non-hydrogen) atoms. The van der Waals surface area contributed by atoms with Crippen molar-refractivity contribution in [3.63, 3.8) is 0 Å². The first-order chi connectivity index (χ1) is 14.9. The fourth-order valence-corrected chi connectivity index (χ4v) is 3.83. The molecule has 2 aromatic heterocycles. The molecule has 0 aliphatic heterocycles. The molecule has 0 saturated heterocycles. The highest BCUT2D eigenvalue weighted by Crippen LogP contribution is 2.24. The first-order valence-corrected chi connectivity index (χ1v) is 10.8. The van der Waals surface area contributed by atoms with E-state index in [1.807, 2.05) is 47.5 Å². The number of fused-ring (bicyclic) bond motifs is 1. The molecule has 0 saturated carbocycles. The van der Waals surface area contributed by atoms with Gasteiger partial charge in [0.2, 0.25) is 0 Å². The third kappa shape index (κ3) is 4.85. The zero-order chi connectivity index (χ0) is 21.8. The number of amides is 1. The van der Waals surface area contributed by atoms with Gasteiger partial charge >= 0.3 is 0 Å². The first kappa shape index (κ1) is 20.9. The Morgan fingerprint density at radius 2 is 1.68 bits per heavy atom. The first-order valence-electron chi connectivity index (χ1n) is 10.8. The van der Waals surface area contributed by atoms with Gasteiger partial charge in [0.15, 0.2) is 0 Å². The second-order valence-electron chi connectivity index (χ2n) is 9.03. The number of carbonyl (C=O) groups excluding carboxylic acids is 1. The SMILES string of the molecule is CC(C)(C)c1ccc(CN(CCc2ccncc2)C(=O)c2cccc3cc[nH]c23)cc1. The molecule has 2 heterocycles. The monoisotopic (exact) mass is 411 g/mol. The zero-order valence-electron chi connectivity index (χ0n) is 18.4. The van der Waals surface area contributed by atoms with Gasteiger partial charge in [-0.05, 0) is 52.8 Å². The van der Waals surface area contributed by atoms with E-state index in [9.17, 15) is 4.79 Å². The Labute approximate surface area is 183 Å². The van der Waals surface area contributed by atoms with Gasteiger partial charge in [0.05, 0.1) is 11.1 Å². The van der Waals surface area contributed by atoms with E-state index in [0.717, 1.165) is 22.9 Å². The van der Waals surface area contributed by atoms with E-state index in [0.29, 0.717) is 18.7 Å². The average Bonchev–Trinajstić information content (AvgIpc) is 3.25. The third-order valence-electron chi connectivity index (χ3n) is 5.72. The van der Waals surface area contributed by atoms with Gasteiger partial charge in [-0.1, -0.05) is 57.2 Å². The van der Waals surface area contributed by atoms with Crippen molar-refractivity contribution in [3.05, 3.63) is 102 Å². The minimum absolute atomic E-state index is 0.0435. The highest BCUT2D eigenvalue weighted by Gasteiger charge is 2.20. The lowest BCUT2D eigenvalue weighted by Crippen LogP contribution is -2.32. The molecule has 0 unspecified atom stereocenters. The minimum Gasteiger partial charge on any atom is -0.361 e. The lowest BCUT2D eigenvalue weighted by atomic mass is 9.87. The summed E-state index contributed by atoms with van der Waals surface area (Å²) in [5.74, 6) is 0.0435. The van der Waals surface area contributed by atoms with Crippen molar-refractivity contribution in [2.75, 3.05) is 6.54 Å². The van der Waals surface area contributed by atoms with Crippen LogP contribution in [0.3, 0.4) is 0 Å². The molecule has 0 radical (unpaired) electrons. The molecular weight excluding hydrogens is 382 g/mol. The van der Waals surface area contributed by atoms with Crippen LogP contribution in [0, 0.1) is 0 Å². The number of hydrogen-bond donors (Lipinski definition) is 1. The van der Waals surface area contributed by atoms with Crippen LogP contribution in [0.15, 0.2) is 79.3 Å². The fraction of sp³-hybridized carbons (Fsp3) is 0.259. The molecule has 4 heteroatoms. The number of pyridine rings is 1. The Morgan fingerprint density at radius 3 is 2.39 bits per heavy atom. The average molecular weight is 412 g/mol. The molecule has 1 N–H and O–H groups in total. The van der Waals surface area contributed by atoms with Gasteiger partial charge in [-0.25, -0.2) is 0 Å². The maximum Gasteiger partial charge on any atom is 0.256 e. The maximum atomic E-state index is 13.6. The number of nitrogens with one attached hydrogen (secondary N) is 1. The number of aromatic nitrogens is 2. The van der Waals surface area contributed by atoms with Gasteiger partial charge in [-0.3, -0.25) is 9.78 Å². The molecule has 0 fully saturated rings. The Hall–Kier alpha value is -3.40. The summed E-state index contributed by atoms with van der Waals surface area (Å²) in [6.45, 7) is 7.85. The van der Waals surface area contributed by atoms with E-state index in [1.165, 1.54) is 11.1 Å². The zero-order valence-corrected chi connectivity index (χ0v) is 18.4. The Morgan fingerprint density at radius 1 is 0.935 bits per heavy atom. The summed E-state index contributed by atoms with van der Waals surface area (Å²) >= 11 is 0. The number of benzene rings is 2. The van der Waals surface area contributed by atoms with Crippen molar-refractivity contribution in [1.82, 2.24) is 14.9 Å². The second-order valence-corrected chi connectivity index (χ2v) is 9.03. The van der Waals surface area contributed by atoms with Crippen LogP contribution in [0.2, 0.25) is 0 Å². The molecule has 0 spiro atoms. The lowest BCUT2D eigenvalue weighted by molar-refractivity contribution is 0.0747. The van der Waals surface area contributed by atoms with E-state index in [4.69, 9.17) is 0 Å². The molecule has 0 aliphatic rings. The van der Waals surface area contributed by atoms with E-state index in [1.54, 1.807) is 12.4 Å². The number of rotatable bonds is 6. The minimum atomic E-state index is 0.0435. The standard InChI is InChI=1S/C27H29N3O/c1-27(2,3)23-9-7-21(8-10-23)19-30(18-14-20-11-15-28-16-12-20)26(31)24-6-4-5-22-13-17-29-25(22)24/h4-13,15-17,29H,14,18-19H2,1-3H3. The number of aromatic amines is 1. The summed E-state index contributed by atoms with van der Waals surface area (Å²) in [4.78, 5) is 22.9. The second kappa shape index (κ2) is 8.76. The Kier molecular flexibility index (Phi) is 5.90. The number of para-hydroxylation sites is 1. The summed E-state index contributed by atoms with van der Waals surface area (Å²) in [7, 11) is 0. The van der Waals surface area contributed by atoms with E-state index in [-0.39, 0.29) is 11.3 Å². The lowest BCUT2D eigenvalue weighted by Gasteiger charge is -2.24. The van der Waals surface area contributed by atoms with Gasteiger partial charge in [0.25, 0.3) is 5.91 Å². The smallest absolute Gasteiger partial charge is 0.256 e. The number of carbonyl (C=O) groups is 1. The van der Waals surface area contributed by atoms with Crippen molar-refractivity contribution in [3.8, 4) is 0 Å². The molecule has 4 nitrogen and oxygen atoms in total. The largest absolute Gasteiger partial charge is 0.361 e. The van der Waals surface area contributed by atoms with Crippen LogP contribution >= 0.6 is 0 Å². The third-order valence-corrected chi connectivity index (χ3v) is 5.72. The molecule has 1 amide bonds. The van der Waals surface area contributed by atoms with Crippen LogP contribution < -0.4 is 0 Å². The maximum absolute atomic E-state index is 13.6. The van der Waals surface area contributed by atoms with Crippen molar-refractivity contribution < 1.29 is 4.79 Å².